The van der Waals surface area contributed by atoms with Crippen molar-refractivity contribution in [3.05, 3.63) is 41.0 Å². The molecule has 2 aromatic carbocycles. The monoisotopic (exact) mass is 414 g/mol. The van der Waals surface area contributed by atoms with E-state index >= 15 is 0 Å². The predicted octanol–water partition coefficient (Wildman–Crippen LogP) is 3.21. The van der Waals surface area contributed by atoms with Gasteiger partial charge in [0.2, 0.25) is 5.75 Å². The van der Waals surface area contributed by atoms with Gasteiger partial charge in [0.25, 0.3) is 0 Å². The van der Waals surface area contributed by atoms with E-state index in [1.165, 1.54) is 0 Å². The summed E-state index contributed by atoms with van der Waals surface area (Å²) in [5.41, 5.74) is 3.03. The van der Waals surface area contributed by atoms with Crippen LogP contribution in [0.5, 0.6) is 28.7 Å². The molecule has 1 aliphatic heterocycles. The van der Waals surface area contributed by atoms with Crippen LogP contribution in [0.4, 0.5) is 0 Å². The van der Waals surface area contributed by atoms with E-state index in [4.69, 9.17) is 28.4 Å². The highest BCUT2D eigenvalue weighted by molar-refractivity contribution is 5.78. The van der Waals surface area contributed by atoms with Crippen molar-refractivity contribution in [1.82, 2.24) is 0 Å². The van der Waals surface area contributed by atoms with Crippen molar-refractivity contribution in [2.75, 3.05) is 42.2 Å². The maximum absolute atomic E-state index is 12.7. The van der Waals surface area contributed by atoms with E-state index in [-0.39, 0.29) is 23.7 Å². The molecule has 0 N–H and O–H groups in total. The molecule has 30 heavy (non-hydrogen) atoms. The third-order valence-corrected chi connectivity index (χ3v) is 6.09. The predicted molar refractivity (Wildman–Crippen MR) is 109 cm³/mol. The van der Waals surface area contributed by atoms with Gasteiger partial charge in [-0.3, -0.25) is 4.79 Å². The Morgan fingerprint density at radius 2 is 1.40 bits per heavy atom. The van der Waals surface area contributed by atoms with Crippen LogP contribution >= 0.6 is 0 Å². The molecule has 0 amide bonds. The molecule has 1 aliphatic carbocycles. The van der Waals surface area contributed by atoms with Crippen LogP contribution in [0, 0.1) is 11.8 Å². The van der Waals surface area contributed by atoms with Gasteiger partial charge in [0, 0.05) is 11.8 Å². The summed E-state index contributed by atoms with van der Waals surface area (Å²) in [5, 5.41) is 0. The molecule has 0 radical (unpaired) electrons. The maximum Gasteiger partial charge on any atom is 0.310 e. The Morgan fingerprint density at radius 3 is 1.97 bits per heavy atom. The molecule has 0 bridgehead atoms. The van der Waals surface area contributed by atoms with Gasteiger partial charge in [-0.15, -0.1) is 0 Å². The highest BCUT2D eigenvalue weighted by Gasteiger charge is 2.48. The Morgan fingerprint density at radius 1 is 0.800 bits per heavy atom. The molecule has 1 heterocycles. The molecule has 1 saturated heterocycles. The number of hydrogen-bond acceptors (Lipinski definition) is 7. The largest absolute Gasteiger partial charge is 0.493 e. The van der Waals surface area contributed by atoms with E-state index in [1.807, 2.05) is 24.3 Å². The molecule has 4 rings (SSSR count). The second-order valence-corrected chi connectivity index (χ2v) is 7.46. The number of ether oxygens (including phenoxy) is 6. The zero-order valence-corrected chi connectivity index (χ0v) is 17.8. The van der Waals surface area contributed by atoms with Crippen molar-refractivity contribution in [3.63, 3.8) is 0 Å². The van der Waals surface area contributed by atoms with Crippen LogP contribution in [0.2, 0.25) is 0 Å². The fourth-order valence-electron chi connectivity index (χ4n) is 4.72. The molecule has 2 aliphatic rings. The Kier molecular flexibility index (Phi) is 5.37. The molecule has 7 heteroatoms. The van der Waals surface area contributed by atoms with Crippen LogP contribution < -0.4 is 23.7 Å². The maximum atomic E-state index is 12.7. The van der Waals surface area contributed by atoms with Crippen molar-refractivity contribution in [2.45, 2.75) is 12.3 Å². The molecule has 0 spiro atoms. The molecule has 160 valence electrons. The SMILES string of the molecule is COc1cc2c(cc1OC)[C@@H](c1cc(OC)c(OC)c(OC)c1)[C@@H]1C(=O)OC[C@H]1C2. The molecule has 0 saturated carbocycles. The number of hydrogen-bond donors (Lipinski definition) is 0. The lowest BCUT2D eigenvalue weighted by Crippen LogP contribution is -2.31. The quantitative estimate of drug-likeness (QED) is 0.672. The highest BCUT2D eigenvalue weighted by atomic mass is 16.5. The molecule has 2 aromatic rings. The average Bonchev–Trinajstić information content (AvgIpc) is 3.15. The summed E-state index contributed by atoms with van der Waals surface area (Å²) in [4.78, 5) is 12.7. The van der Waals surface area contributed by atoms with Crippen molar-refractivity contribution in [3.8, 4) is 28.7 Å². The van der Waals surface area contributed by atoms with Crippen LogP contribution in [0.3, 0.4) is 0 Å². The number of benzene rings is 2. The molecule has 0 unspecified atom stereocenters. The topological polar surface area (TPSA) is 72.5 Å². The van der Waals surface area contributed by atoms with Crippen molar-refractivity contribution in [1.29, 1.82) is 0 Å². The second-order valence-electron chi connectivity index (χ2n) is 7.46. The van der Waals surface area contributed by atoms with Crippen LogP contribution in [-0.4, -0.2) is 48.1 Å². The minimum atomic E-state index is -0.293. The van der Waals surface area contributed by atoms with E-state index in [1.54, 1.807) is 35.5 Å². The molecule has 1 fully saturated rings. The van der Waals surface area contributed by atoms with E-state index in [2.05, 4.69) is 0 Å². The molecule has 7 nitrogen and oxygen atoms in total. The molecular weight excluding hydrogens is 388 g/mol. The summed E-state index contributed by atoms with van der Waals surface area (Å²) in [6, 6.07) is 7.77. The first kappa shape index (κ1) is 20.2. The highest BCUT2D eigenvalue weighted by Crippen LogP contribution is 2.51. The fourth-order valence-corrected chi connectivity index (χ4v) is 4.72. The summed E-state index contributed by atoms with van der Waals surface area (Å²) in [6.07, 6.45) is 0.743. The number of carbonyl (C=O) groups excluding carboxylic acids is 1. The Hall–Kier alpha value is -3.09. The smallest absolute Gasteiger partial charge is 0.310 e. The summed E-state index contributed by atoms with van der Waals surface area (Å²) in [5.74, 6) is 2.27. The Balaban J connectivity index is 1.94. The lowest BCUT2D eigenvalue weighted by molar-refractivity contribution is -0.141. The van der Waals surface area contributed by atoms with Gasteiger partial charge < -0.3 is 28.4 Å². The third-order valence-electron chi connectivity index (χ3n) is 6.09. The van der Waals surface area contributed by atoms with E-state index in [9.17, 15) is 4.79 Å². The number of fused-ring (bicyclic) bond motifs is 2. The first-order valence-corrected chi connectivity index (χ1v) is 9.77. The number of methoxy groups -OCH3 is 5. The van der Waals surface area contributed by atoms with Crippen LogP contribution in [0.15, 0.2) is 24.3 Å². The summed E-state index contributed by atoms with van der Waals surface area (Å²) in [7, 11) is 7.95. The third kappa shape index (κ3) is 3.09. The van der Waals surface area contributed by atoms with Gasteiger partial charge in [-0.1, -0.05) is 0 Å². The van der Waals surface area contributed by atoms with E-state index in [0.29, 0.717) is 35.4 Å². The molecule has 3 atom stereocenters. The zero-order chi connectivity index (χ0) is 21.4. The lowest BCUT2D eigenvalue weighted by atomic mass is 9.67. The normalized spacial score (nSPS) is 21.9. The number of carbonyl (C=O) groups is 1. The number of esters is 1. The fraction of sp³-hybridized carbons (Fsp3) is 0.435. The Labute approximate surface area is 175 Å². The average molecular weight is 414 g/mol. The van der Waals surface area contributed by atoms with Crippen molar-refractivity contribution in [2.24, 2.45) is 11.8 Å². The standard InChI is InChI=1S/C23H26O7/c1-25-16-7-12-6-14-11-30-23(24)21(14)20(15(12)10-17(16)26-2)13-8-18(27-3)22(29-5)19(9-13)28-4/h7-10,14,20-21H,6,11H2,1-5H3/t14-,20-,21-/m1/s1. The second kappa shape index (κ2) is 7.97. The van der Waals surface area contributed by atoms with Crippen molar-refractivity contribution < 1.29 is 33.2 Å². The zero-order valence-electron chi connectivity index (χ0n) is 17.8. The van der Waals surface area contributed by atoms with E-state index in [0.717, 1.165) is 23.1 Å². The van der Waals surface area contributed by atoms with Gasteiger partial charge in [0.05, 0.1) is 48.1 Å². The van der Waals surface area contributed by atoms with Gasteiger partial charge in [0.15, 0.2) is 23.0 Å². The van der Waals surface area contributed by atoms with Gasteiger partial charge in [0.1, 0.15) is 0 Å². The minimum absolute atomic E-state index is 0.0900. The van der Waals surface area contributed by atoms with Crippen LogP contribution in [0.25, 0.3) is 0 Å². The lowest BCUT2D eigenvalue weighted by Gasteiger charge is -2.34. The Bertz CT molecular complexity index is 943. The molecular formula is C23H26O7. The first-order chi connectivity index (χ1) is 14.6. The number of cyclic esters (lactones) is 1. The van der Waals surface area contributed by atoms with Crippen LogP contribution in [-0.2, 0) is 16.0 Å². The van der Waals surface area contributed by atoms with E-state index < -0.39 is 0 Å². The van der Waals surface area contributed by atoms with Gasteiger partial charge >= 0.3 is 5.97 Å². The summed E-state index contributed by atoms with van der Waals surface area (Å²) in [6.45, 7) is 0.415. The van der Waals surface area contributed by atoms with Gasteiger partial charge in [-0.2, -0.15) is 0 Å². The van der Waals surface area contributed by atoms with Crippen LogP contribution in [0.1, 0.15) is 22.6 Å². The first-order valence-electron chi connectivity index (χ1n) is 9.77. The minimum Gasteiger partial charge on any atom is -0.493 e. The van der Waals surface area contributed by atoms with Gasteiger partial charge in [-0.05, 0) is 47.4 Å². The molecule has 0 aromatic heterocycles. The van der Waals surface area contributed by atoms with Crippen molar-refractivity contribution >= 4 is 5.97 Å². The summed E-state index contributed by atoms with van der Waals surface area (Å²) >= 11 is 0. The van der Waals surface area contributed by atoms with Gasteiger partial charge in [-0.25, -0.2) is 0 Å². The summed E-state index contributed by atoms with van der Waals surface area (Å²) < 4.78 is 33.1. The number of rotatable bonds is 6.